The summed E-state index contributed by atoms with van der Waals surface area (Å²) in [6, 6.07) is 0. The maximum Gasteiger partial charge on any atom is 0.191 e. The zero-order valence-corrected chi connectivity index (χ0v) is 14.4. The summed E-state index contributed by atoms with van der Waals surface area (Å²) in [7, 11) is 1.84. The van der Waals surface area contributed by atoms with E-state index in [-0.39, 0.29) is 0 Å². The predicted molar refractivity (Wildman–Crippen MR) is 91.1 cm³/mol. The average Bonchev–Trinajstić information content (AvgIpc) is 2.92. The number of thiazole rings is 1. The maximum absolute atomic E-state index is 4.59. The van der Waals surface area contributed by atoms with E-state index in [1.807, 2.05) is 7.05 Å². The van der Waals surface area contributed by atoms with Crippen LogP contribution in [0.25, 0.3) is 0 Å². The van der Waals surface area contributed by atoms with Gasteiger partial charge in [-0.25, -0.2) is 4.98 Å². The lowest BCUT2D eigenvalue weighted by molar-refractivity contribution is 0.131. The van der Waals surface area contributed by atoms with Crippen LogP contribution in [0.1, 0.15) is 50.2 Å². The highest BCUT2D eigenvalue weighted by Gasteiger charge is 2.34. The lowest BCUT2D eigenvalue weighted by Gasteiger charge is -2.41. The van der Waals surface area contributed by atoms with E-state index in [0.717, 1.165) is 31.9 Å². The van der Waals surface area contributed by atoms with Gasteiger partial charge in [-0.2, -0.15) is 0 Å². The monoisotopic (exact) mass is 308 g/mol. The van der Waals surface area contributed by atoms with Crippen LogP contribution in [0.2, 0.25) is 0 Å². The molecule has 21 heavy (non-hydrogen) atoms. The van der Waals surface area contributed by atoms with Gasteiger partial charge in [0.25, 0.3) is 0 Å². The van der Waals surface area contributed by atoms with Gasteiger partial charge in [-0.15, -0.1) is 11.3 Å². The van der Waals surface area contributed by atoms with Gasteiger partial charge >= 0.3 is 0 Å². The first kappa shape index (κ1) is 16.3. The molecular weight excluding hydrogens is 280 g/mol. The van der Waals surface area contributed by atoms with E-state index < -0.39 is 0 Å². The van der Waals surface area contributed by atoms with Crippen molar-refractivity contribution in [1.29, 1.82) is 0 Å². The maximum atomic E-state index is 4.59. The summed E-state index contributed by atoms with van der Waals surface area (Å²) in [6.07, 6.45) is 7.33. The van der Waals surface area contributed by atoms with Crippen molar-refractivity contribution in [2.24, 2.45) is 10.4 Å². The van der Waals surface area contributed by atoms with Crippen LogP contribution in [-0.4, -0.2) is 31.1 Å². The fourth-order valence-electron chi connectivity index (χ4n) is 2.76. The molecule has 1 aliphatic rings. The van der Waals surface area contributed by atoms with E-state index in [0.29, 0.717) is 5.41 Å². The van der Waals surface area contributed by atoms with Crippen LogP contribution in [0.3, 0.4) is 0 Å². The van der Waals surface area contributed by atoms with Crippen molar-refractivity contribution in [3.8, 4) is 0 Å². The second-order valence-corrected chi connectivity index (χ2v) is 6.84. The third-order valence-electron chi connectivity index (χ3n) is 4.59. The summed E-state index contributed by atoms with van der Waals surface area (Å²) in [4.78, 5) is 8.90. The van der Waals surface area contributed by atoms with E-state index >= 15 is 0 Å². The van der Waals surface area contributed by atoms with Crippen LogP contribution in [0.15, 0.2) is 10.4 Å². The van der Waals surface area contributed by atoms with E-state index in [9.17, 15) is 0 Å². The Kier molecular flexibility index (Phi) is 6.03. The number of rotatable bonds is 7. The molecule has 0 atom stereocenters. The van der Waals surface area contributed by atoms with Crippen LogP contribution < -0.4 is 10.6 Å². The van der Waals surface area contributed by atoms with Gasteiger partial charge in [0.2, 0.25) is 0 Å². The number of guanidine groups is 1. The summed E-state index contributed by atoms with van der Waals surface area (Å²) >= 11 is 1.76. The van der Waals surface area contributed by atoms with Gasteiger partial charge in [0.15, 0.2) is 5.96 Å². The highest BCUT2D eigenvalue weighted by Crippen LogP contribution is 2.42. The second-order valence-electron chi connectivity index (χ2n) is 5.90. The molecule has 5 heteroatoms. The largest absolute Gasteiger partial charge is 0.356 e. The fourth-order valence-corrected chi connectivity index (χ4v) is 3.54. The molecule has 1 heterocycles. The molecule has 1 aliphatic carbocycles. The molecule has 2 rings (SSSR count). The molecule has 1 fully saturated rings. The lowest BCUT2D eigenvalue weighted by Crippen LogP contribution is -2.46. The molecule has 4 nitrogen and oxygen atoms in total. The average molecular weight is 308 g/mol. The SMILES string of the molecule is CCc1nc(CCNC(=NC)NCC2(CC)CCC2)cs1. The molecule has 1 aromatic heterocycles. The minimum absolute atomic E-state index is 0.516. The van der Waals surface area contributed by atoms with Crippen LogP contribution in [0, 0.1) is 5.41 Å². The Bertz CT molecular complexity index is 457. The Morgan fingerprint density at radius 2 is 2.19 bits per heavy atom. The standard InChI is InChI=1S/C16H28N4S/c1-4-14-20-13(11-21-14)7-10-18-15(17-3)19-12-16(5-2)8-6-9-16/h11H,4-10,12H2,1-3H3,(H2,17,18,19). The summed E-state index contributed by atoms with van der Waals surface area (Å²) < 4.78 is 0. The Balaban J connectivity index is 1.70. The van der Waals surface area contributed by atoms with Crippen molar-refractivity contribution in [1.82, 2.24) is 15.6 Å². The molecule has 0 saturated heterocycles. The summed E-state index contributed by atoms with van der Waals surface area (Å²) in [6.45, 7) is 6.37. The topological polar surface area (TPSA) is 49.3 Å². The van der Waals surface area contributed by atoms with E-state index in [2.05, 4.69) is 39.8 Å². The number of hydrogen-bond acceptors (Lipinski definition) is 3. The van der Waals surface area contributed by atoms with Crippen LogP contribution in [0.5, 0.6) is 0 Å². The van der Waals surface area contributed by atoms with Gasteiger partial charge in [0.05, 0.1) is 10.7 Å². The zero-order chi connectivity index (χ0) is 15.1. The third-order valence-corrected chi connectivity index (χ3v) is 5.64. The molecule has 0 aromatic carbocycles. The molecule has 0 radical (unpaired) electrons. The predicted octanol–water partition coefficient (Wildman–Crippen LogP) is 2.99. The molecule has 0 bridgehead atoms. The number of hydrogen-bond donors (Lipinski definition) is 2. The molecule has 0 aliphatic heterocycles. The lowest BCUT2D eigenvalue weighted by atomic mass is 9.67. The number of aromatic nitrogens is 1. The smallest absolute Gasteiger partial charge is 0.191 e. The van der Waals surface area contributed by atoms with Gasteiger partial charge in [0.1, 0.15) is 0 Å². The number of nitrogens with zero attached hydrogens (tertiary/aromatic N) is 2. The first-order chi connectivity index (χ1) is 10.2. The van der Waals surface area contributed by atoms with Crippen LogP contribution in [-0.2, 0) is 12.8 Å². The van der Waals surface area contributed by atoms with Crippen molar-refractivity contribution in [2.75, 3.05) is 20.1 Å². The van der Waals surface area contributed by atoms with Crippen molar-refractivity contribution in [3.05, 3.63) is 16.1 Å². The highest BCUT2D eigenvalue weighted by molar-refractivity contribution is 7.09. The van der Waals surface area contributed by atoms with Crippen LogP contribution >= 0.6 is 11.3 Å². The second kappa shape index (κ2) is 7.78. The minimum atomic E-state index is 0.516. The molecule has 118 valence electrons. The quantitative estimate of drug-likeness (QED) is 0.601. The summed E-state index contributed by atoms with van der Waals surface area (Å²) in [5.74, 6) is 0.917. The Labute approximate surface area is 132 Å². The van der Waals surface area contributed by atoms with Crippen molar-refractivity contribution in [2.45, 2.75) is 52.4 Å². The van der Waals surface area contributed by atoms with Crippen molar-refractivity contribution >= 4 is 17.3 Å². The highest BCUT2D eigenvalue weighted by atomic mass is 32.1. The minimum Gasteiger partial charge on any atom is -0.356 e. The molecule has 0 amide bonds. The number of nitrogens with one attached hydrogen (secondary N) is 2. The Morgan fingerprint density at radius 3 is 2.71 bits per heavy atom. The fraction of sp³-hybridized carbons (Fsp3) is 0.750. The third kappa shape index (κ3) is 4.43. The summed E-state index contributed by atoms with van der Waals surface area (Å²) in [5, 5.41) is 10.3. The van der Waals surface area contributed by atoms with Crippen LogP contribution in [0.4, 0.5) is 0 Å². The van der Waals surface area contributed by atoms with Crippen molar-refractivity contribution in [3.63, 3.8) is 0 Å². The first-order valence-electron chi connectivity index (χ1n) is 8.09. The molecular formula is C16H28N4S. The van der Waals surface area contributed by atoms with E-state index in [1.165, 1.54) is 36.4 Å². The number of aliphatic imine (C=N–C) groups is 1. The van der Waals surface area contributed by atoms with Gasteiger partial charge < -0.3 is 10.6 Å². The van der Waals surface area contributed by atoms with E-state index in [1.54, 1.807) is 11.3 Å². The van der Waals surface area contributed by atoms with Crippen molar-refractivity contribution < 1.29 is 0 Å². The molecule has 2 N–H and O–H groups in total. The van der Waals surface area contributed by atoms with Gasteiger partial charge in [0, 0.05) is 31.9 Å². The van der Waals surface area contributed by atoms with Gasteiger partial charge in [-0.05, 0) is 31.1 Å². The Hall–Kier alpha value is -1.10. The van der Waals surface area contributed by atoms with E-state index in [4.69, 9.17) is 0 Å². The number of aryl methyl sites for hydroxylation is 1. The molecule has 0 spiro atoms. The molecule has 1 saturated carbocycles. The normalized spacial score (nSPS) is 17.4. The zero-order valence-electron chi connectivity index (χ0n) is 13.5. The molecule has 0 unspecified atom stereocenters. The Morgan fingerprint density at radius 1 is 1.38 bits per heavy atom. The first-order valence-corrected chi connectivity index (χ1v) is 8.97. The summed E-state index contributed by atoms with van der Waals surface area (Å²) in [5.41, 5.74) is 1.70. The van der Waals surface area contributed by atoms with Gasteiger partial charge in [-0.1, -0.05) is 20.3 Å². The molecule has 1 aromatic rings. The van der Waals surface area contributed by atoms with Gasteiger partial charge in [-0.3, -0.25) is 4.99 Å².